The van der Waals surface area contributed by atoms with Crippen molar-refractivity contribution in [2.75, 3.05) is 13.1 Å². The number of aliphatic carboxylic acids is 1. The van der Waals surface area contributed by atoms with E-state index < -0.39 is 5.97 Å². The lowest BCUT2D eigenvalue weighted by Gasteiger charge is -2.34. The van der Waals surface area contributed by atoms with Crippen LogP contribution in [-0.2, 0) is 11.2 Å². The maximum absolute atomic E-state index is 12.2. The molecule has 2 amide bonds. The van der Waals surface area contributed by atoms with E-state index in [0.717, 1.165) is 31.2 Å². The Kier molecular flexibility index (Phi) is 5.54. The minimum atomic E-state index is -0.850. The van der Waals surface area contributed by atoms with E-state index >= 15 is 0 Å². The van der Waals surface area contributed by atoms with Crippen molar-refractivity contribution in [1.82, 2.24) is 15.2 Å². The van der Waals surface area contributed by atoms with Gasteiger partial charge in [0.1, 0.15) is 0 Å². The van der Waals surface area contributed by atoms with Gasteiger partial charge in [-0.1, -0.05) is 0 Å². The number of amides is 2. The second kappa shape index (κ2) is 7.61. The molecule has 0 aromatic carbocycles. The molecule has 0 bridgehead atoms. The zero-order valence-electron chi connectivity index (χ0n) is 12.0. The summed E-state index contributed by atoms with van der Waals surface area (Å²) < 4.78 is 0. The quantitative estimate of drug-likeness (QED) is 0.864. The minimum absolute atomic E-state index is 0.0256. The van der Waals surface area contributed by atoms with Crippen LogP contribution in [0.3, 0.4) is 0 Å². The van der Waals surface area contributed by atoms with Gasteiger partial charge in [-0.15, -0.1) is 0 Å². The topological polar surface area (TPSA) is 82.5 Å². The van der Waals surface area contributed by atoms with E-state index in [0.29, 0.717) is 13.1 Å². The van der Waals surface area contributed by atoms with E-state index in [2.05, 4.69) is 10.3 Å². The van der Waals surface area contributed by atoms with Crippen molar-refractivity contribution in [2.24, 2.45) is 0 Å². The third-order valence-corrected chi connectivity index (χ3v) is 3.74. The molecule has 1 aromatic rings. The normalized spacial score (nSPS) is 18.3. The van der Waals surface area contributed by atoms with Crippen LogP contribution >= 0.6 is 0 Å². The number of carbonyl (C=O) groups is 2. The predicted octanol–water partition coefficient (Wildman–Crippen LogP) is 1.66. The smallest absolute Gasteiger partial charge is 0.317 e. The van der Waals surface area contributed by atoms with Gasteiger partial charge in [-0.2, -0.15) is 0 Å². The average Bonchev–Trinajstić information content (AvgIpc) is 2.48. The summed E-state index contributed by atoms with van der Waals surface area (Å²) in [5.74, 6) is -0.850. The summed E-state index contributed by atoms with van der Waals surface area (Å²) in [6.45, 7) is 1.18. The molecule has 1 aliphatic rings. The number of nitrogens with one attached hydrogen (secondary N) is 1. The summed E-state index contributed by atoms with van der Waals surface area (Å²) in [7, 11) is 0. The van der Waals surface area contributed by atoms with Crippen LogP contribution in [0, 0.1) is 0 Å². The molecule has 0 saturated carbocycles. The lowest BCUT2D eigenvalue weighted by Crippen LogP contribution is -2.49. The predicted molar refractivity (Wildman–Crippen MR) is 77.9 cm³/mol. The molecule has 1 aliphatic heterocycles. The Labute approximate surface area is 124 Å². The fourth-order valence-corrected chi connectivity index (χ4v) is 2.65. The molecule has 1 atom stereocenters. The second-order valence-electron chi connectivity index (χ2n) is 5.28. The van der Waals surface area contributed by atoms with Gasteiger partial charge < -0.3 is 15.3 Å². The summed E-state index contributed by atoms with van der Waals surface area (Å²) in [6.07, 6.45) is 6.91. The lowest BCUT2D eigenvalue weighted by molar-refractivity contribution is -0.138. The first-order valence-corrected chi connectivity index (χ1v) is 7.32. The number of pyridine rings is 1. The first-order chi connectivity index (χ1) is 10.2. The molecule has 2 heterocycles. The molecule has 1 aromatic heterocycles. The van der Waals surface area contributed by atoms with Gasteiger partial charge in [0, 0.05) is 31.5 Å². The monoisotopic (exact) mass is 291 g/mol. The highest BCUT2D eigenvalue weighted by molar-refractivity contribution is 5.76. The minimum Gasteiger partial charge on any atom is -0.481 e. The van der Waals surface area contributed by atoms with Crippen LogP contribution in [0.1, 0.15) is 31.2 Å². The molecule has 114 valence electrons. The third-order valence-electron chi connectivity index (χ3n) is 3.74. The maximum atomic E-state index is 12.2. The first-order valence-electron chi connectivity index (χ1n) is 7.32. The standard InChI is InChI=1S/C15H21N3O3/c19-14(20)11-13-3-1-2-10-18(13)15(21)17-9-6-12-4-7-16-8-5-12/h4-5,7-8,13H,1-3,6,9-11H2,(H,17,21)(H,19,20). The number of hydrogen-bond acceptors (Lipinski definition) is 3. The molecule has 0 radical (unpaired) electrons. The Morgan fingerprint density at radius 3 is 2.81 bits per heavy atom. The summed E-state index contributed by atoms with van der Waals surface area (Å²) in [5, 5.41) is 11.8. The van der Waals surface area contributed by atoms with Gasteiger partial charge >= 0.3 is 12.0 Å². The molecule has 2 rings (SSSR count). The lowest BCUT2D eigenvalue weighted by atomic mass is 10.00. The van der Waals surface area contributed by atoms with Gasteiger partial charge in [0.05, 0.1) is 6.42 Å². The molecular weight excluding hydrogens is 270 g/mol. The molecule has 6 nitrogen and oxygen atoms in total. The Balaban J connectivity index is 1.81. The Morgan fingerprint density at radius 1 is 1.33 bits per heavy atom. The SMILES string of the molecule is O=C(O)CC1CCCCN1C(=O)NCCc1ccncc1. The van der Waals surface area contributed by atoms with Gasteiger partial charge in [-0.3, -0.25) is 9.78 Å². The van der Waals surface area contributed by atoms with E-state index in [-0.39, 0.29) is 18.5 Å². The summed E-state index contributed by atoms with van der Waals surface area (Å²) in [5.41, 5.74) is 1.12. The molecule has 0 aliphatic carbocycles. The highest BCUT2D eigenvalue weighted by Gasteiger charge is 2.28. The van der Waals surface area contributed by atoms with Crippen LogP contribution in [0.4, 0.5) is 4.79 Å². The van der Waals surface area contributed by atoms with Crippen LogP contribution in [0.5, 0.6) is 0 Å². The van der Waals surface area contributed by atoms with Gasteiger partial charge in [-0.05, 0) is 43.4 Å². The van der Waals surface area contributed by atoms with Crippen molar-refractivity contribution >= 4 is 12.0 Å². The summed E-state index contributed by atoms with van der Waals surface area (Å²) in [4.78, 5) is 28.7. The van der Waals surface area contributed by atoms with E-state index in [1.54, 1.807) is 17.3 Å². The Bertz CT molecular complexity index is 478. The highest BCUT2D eigenvalue weighted by atomic mass is 16.4. The Morgan fingerprint density at radius 2 is 2.10 bits per heavy atom. The molecule has 1 fully saturated rings. The summed E-state index contributed by atoms with van der Waals surface area (Å²) in [6, 6.07) is 3.49. The largest absolute Gasteiger partial charge is 0.481 e. The van der Waals surface area contributed by atoms with Crippen molar-refractivity contribution in [2.45, 2.75) is 38.1 Å². The fourth-order valence-electron chi connectivity index (χ4n) is 2.65. The van der Waals surface area contributed by atoms with Crippen LogP contribution in [0.15, 0.2) is 24.5 Å². The summed E-state index contributed by atoms with van der Waals surface area (Å²) >= 11 is 0. The zero-order chi connectivity index (χ0) is 15.1. The molecule has 1 unspecified atom stereocenters. The van der Waals surface area contributed by atoms with Crippen molar-refractivity contribution in [1.29, 1.82) is 0 Å². The maximum Gasteiger partial charge on any atom is 0.317 e. The number of aromatic nitrogens is 1. The first kappa shape index (κ1) is 15.3. The van der Waals surface area contributed by atoms with E-state index in [1.807, 2.05) is 12.1 Å². The second-order valence-corrected chi connectivity index (χ2v) is 5.28. The number of likely N-dealkylation sites (tertiary alicyclic amines) is 1. The number of nitrogens with zero attached hydrogens (tertiary/aromatic N) is 2. The number of piperidine rings is 1. The number of urea groups is 1. The number of rotatable bonds is 5. The van der Waals surface area contributed by atoms with Gasteiger partial charge in [0.25, 0.3) is 0 Å². The molecule has 2 N–H and O–H groups in total. The Hall–Kier alpha value is -2.11. The molecule has 1 saturated heterocycles. The van der Waals surface area contributed by atoms with Crippen molar-refractivity contribution in [3.8, 4) is 0 Å². The van der Waals surface area contributed by atoms with Crippen LogP contribution in [0.25, 0.3) is 0 Å². The number of carboxylic acid groups (broad SMARTS) is 1. The zero-order valence-corrected chi connectivity index (χ0v) is 12.0. The number of hydrogen-bond donors (Lipinski definition) is 2. The van der Waals surface area contributed by atoms with Crippen LogP contribution in [0.2, 0.25) is 0 Å². The third kappa shape index (κ3) is 4.73. The number of carboxylic acids is 1. The molecule has 21 heavy (non-hydrogen) atoms. The van der Waals surface area contributed by atoms with E-state index in [4.69, 9.17) is 5.11 Å². The van der Waals surface area contributed by atoms with Crippen LogP contribution < -0.4 is 5.32 Å². The van der Waals surface area contributed by atoms with Gasteiger partial charge in [0.15, 0.2) is 0 Å². The van der Waals surface area contributed by atoms with E-state index in [9.17, 15) is 9.59 Å². The van der Waals surface area contributed by atoms with E-state index in [1.165, 1.54) is 0 Å². The van der Waals surface area contributed by atoms with Crippen molar-refractivity contribution < 1.29 is 14.7 Å². The molecule has 6 heteroatoms. The fraction of sp³-hybridized carbons (Fsp3) is 0.533. The van der Waals surface area contributed by atoms with Crippen LogP contribution in [-0.4, -0.2) is 46.1 Å². The van der Waals surface area contributed by atoms with Crippen molar-refractivity contribution in [3.05, 3.63) is 30.1 Å². The molecule has 0 spiro atoms. The van der Waals surface area contributed by atoms with Gasteiger partial charge in [0.2, 0.25) is 0 Å². The molecular formula is C15H21N3O3. The number of carbonyl (C=O) groups excluding carboxylic acids is 1. The van der Waals surface area contributed by atoms with Crippen molar-refractivity contribution in [3.63, 3.8) is 0 Å². The van der Waals surface area contributed by atoms with Gasteiger partial charge in [-0.25, -0.2) is 4.79 Å². The highest BCUT2D eigenvalue weighted by Crippen LogP contribution is 2.19. The average molecular weight is 291 g/mol.